The molecule has 2 heterocycles. The SMILES string of the molecule is Cc1cnoc1C.Cc1nnco1. The van der Waals surface area contributed by atoms with E-state index in [1.165, 1.54) is 6.39 Å². The first kappa shape index (κ1) is 9.44. The van der Waals surface area contributed by atoms with E-state index in [-0.39, 0.29) is 0 Å². The Kier molecular flexibility index (Phi) is 3.19. The normalized spacial score (nSPS) is 9.15. The molecule has 5 heteroatoms. The summed E-state index contributed by atoms with van der Waals surface area (Å²) in [6.07, 6.45) is 3.00. The second-order valence-corrected chi connectivity index (χ2v) is 2.52. The van der Waals surface area contributed by atoms with Gasteiger partial charge in [-0.1, -0.05) is 5.16 Å². The molecule has 0 fully saturated rings. The maximum atomic E-state index is 4.71. The van der Waals surface area contributed by atoms with Gasteiger partial charge in [-0.05, 0) is 13.8 Å². The molecule has 70 valence electrons. The standard InChI is InChI=1S/C5H7NO.C3H4N2O/c1-4-3-6-7-5(4)2;1-3-5-4-2-6-3/h3H,1-2H3;2H,1H3. The molecule has 0 saturated heterocycles. The summed E-state index contributed by atoms with van der Waals surface area (Å²) in [5.74, 6) is 1.51. The number of hydrogen-bond donors (Lipinski definition) is 0. The Bertz CT molecular complexity index is 323. The van der Waals surface area contributed by atoms with Crippen molar-refractivity contribution in [1.82, 2.24) is 15.4 Å². The lowest BCUT2D eigenvalue weighted by molar-refractivity contribution is 0.396. The first-order chi connectivity index (χ1) is 6.20. The molecule has 0 aliphatic rings. The summed E-state index contributed by atoms with van der Waals surface area (Å²) in [5.41, 5.74) is 1.11. The molecule has 0 saturated carbocycles. The first-order valence-electron chi connectivity index (χ1n) is 3.81. The fourth-order valence-electron chi connectivity index (χ4n) is 0.576. The zero-order chi connectivity index (χ0) is 9.68. The smallest absolute Gasteiger partial charge is 0.213 e. The molecular formula is C8H11N3O2. The maximum Gasteiger partial charge on any atom is 0.213 e. The third kappa shape index (κ3) is 3.06. The third-order valence-electron chi connectivity index (χ3n) is 1.46. The van der Waals surface area contributed by atoms with Crippen molar-refractivity contribution in [2.75, 3.05) is 0 Å². The predicted octanol–water partition coefficient (Wildman–Crippen LogP) is 1.67. The van der Waals surface area contributed by atoms with Gasteiger partial charge in [0, 0.05) is 12.5 Å². The van der Waals surface area contributed by atoms with E-state index in [2.05, 4.69) is 19.8 Å². The Labute approximate surface area is 75.8 Å². The van der Waals surface area contributed by atoms with Crippen LogP contribution in [0.1, 0.15) is 17.2 Å². The number of hydrogen-bond acceptors (Lipinski definition) is 5. The van der Waals surface area contributed by atoms with Crippen molar-refractivity contribution in [3.63, 3.8) is 0 Å². The van der Waals surface area contributed by atoms with Crippen LogP contribution >= 0.6 is 0 Å². The highest BCUT2D eigenvalue weighted by Gasteiger charge is 1.91. The van der Waals surface area contributed by atoms with Crippen LogP contribution in [0.5, 0.6) is 0 Å². The molecule has 0 amide bonds. The van der Waals surface area contributed by atoms with Crippen molar-refractivity contribution in [2.45, 2.75) is 20.8 Å². The number of nitrogens with zero attached hydrogens (tertiary/aromatic N) is 3. The molecule has 0 N–H and O–H groups in total. The molecule has 2 aromatic rings. The van der Waals surface area contributed by atoms with E-state index in [9.17, 15) is 0 Å². The van der Waals surface area contributed by atoms with Crippen molar-refractivity contribution in [3.8, 4) is 0 Å². The van der Waals surface area contributed by atoms with E-state index in [1.54, 1.807) is 13.1 Å². The highest BCUT2D eigenvalue weighted by Crippen LogP contribution is 2.00. The van der Waals surface area contributed by atoms with E-state index < -0.39 is 0 Å². The van der Waals surface area contributed by atoms with Crippen molar-refractivity contribution in [3.05, 3.63) is 29.8 Å². The maximum absolute atomic E-state index is 4.71. The summed E-state index contributed by atoms with van der Waals surface area (Å²) >= 11 is 0. The van der Waals surface area contributed by atoms with Crippen molar-refractivity contribution in [1.29, 1.82) is 0 Å². The first-order valence-corrected chi connectivity index (χ1v) is 3.81. The lowest BCUT2D eigenvalue weighted by Crippen LogP contribution is -1.65. The highest BCUT2D eigenvalue weighted by molar-refractivity contribution is 5.07. The third-order valence-corrected chi connectivity index (χ3v) is 1.46. The lowest BCUT2D eigenvalue weighted by Gasteiger charge is -1.75. The van der Waals surface area contributed by atoms with Crippen LogP contribution in [-0.4, -0.2) is 15.4 Å². The Hall–Kier alpha value is -1.65. The molecule has 0 radical (unpaired) electrons. The van der Waals surface area contributed by atoms with E-state index in [0.29, 0.717) is 5.89 Å². The van der Waals surface area contributed by atoms with E-state index in [1.807, 2.05) is 13.8 Å². The zero-order valence-electron chi connectivity index (χ0n) is 7.81. The van der Waals surface area contributed by atoms with Crippen LogP contribution in [0.3, 0.4) is 0 Å². The molecule has 0 aliphatic heterocycles. The predicted molar refractivity (Wildman–Crippen MR) is 45.0 cm³/mol. The van der Waals surface area contributed by atoms with Crippen LogP contribution in [0.25, 0.3) is 0 Å². The monoisotopic (exact) mass is 181 g/mol. The van der Waals surface area contributed by atoms with E-state index >= 15 is 0 Å². The second-order valence-electron chi connectivity index (χ2n) is 2.52. The number of aryl methyl sites for hydroxylation is 3. The molecule has 0 atom stereocenters. The molecule has 5 nitrogen and oxygen atoms in total. The Morgan fingerprint density at radius 1 is 1.23 bits per heavy atom. The second kappa shape index (κ2) is 4.39. The number of rotatable bonds is 0. The van der Waals surface area contributed by atoms with Gasteiger partial charge in [0.2, 0.25) is 12.3 Å². The fraction of sp³-hybridized carbons (Fsp3) is 0.375. The average Bonchev–Trinajstić information content (AvgIpc) is 2.67. The summed E-state index contributed by atoms with van der Waals surface area (Å²) in [5, 5.41) is 10.5. The number of aromatic nitrogens is 3. The van der Waals surface area contributed by atoms with Crippen LogP contribution in [0, 0.1) is 20.8 Å². The van der Waals surface area contributed by atoms with Crippen LogP contribution in [0.2, 0.25) is 0 Å². The van der Waals surface area contributed by atoms with Gasteiger partial charge in [-0.15, -0.1) is 10.2 Å². The Morgan fingerprint density at radius 2 is 2.00 bits per heavy atom. The van der Waals surface area contributed by atoms with Gasteiger partial charge < -0.3 is 8.94 Å². The summed E-state index contributed by atoms with van der Waals surface area (Å²) in [4.78, 5) is 0. The summed E-state index contributed by atoms with van der Waals surface area (Å²) in [6, 6.07) is 0. The quantitative estimate of drug-likeness (QED) is 0.618. The van der Waals surface area contributed by atoms with Crippen molar-refractivity contribution < 1.29 is 8.94 Å². The summed E-state index contributed by atoms with van der Waals surface area (Å²) in [6.45, 7) is 5.60. The van der Waals surface area contributed by atoms with Gasteiger partial charge in [-0.25, -0.2) is 0 Å². The highest BCUT2D eigenvalue weighted by atomic mass is 16.5. The van der Waals surface area contributed by atoms with Gasteiger partial charge in [-0.3, -0.25) is 0 Å². The van der Waals surface area contributed by atoms with Crippen LogP contribution in [-0.2, 0) is 0 Å². The lowest BCUT2D eigenvalue weighted by atomic mass is 10.3. The minimum Gasteiger partial charge on any atom is -0.428 e. The fourth-order valence-corrected chi connectivity index (χ4v) is 0.576. The molecule has 0 spiro atoms. The van der Waals surface area contributed by atoms with Gasteiger partial charge in [-0.2, -0.15) is 0 Å². The van der Waals surface area contributed by atoms with E-state index in [4.69, 9.17) is 4.52 Å². The molecule has 13 heavy (non-hydrogen) atoms. The average molecular weight is 181 g/mol. The Morgan fingerprint density at radius 3 is 2.15 bits per heavy atom. The Balaban J connectivity index is 0.000000132. The van der Waals surface area contributed by atoms with Crippen molar-refractivity contribution >= 4 is 0 Å². The minimum atomic E-state index is 0.606. The molecule has 2 aromatic heterocycles. The van der Waals surface area contributed by atoms with E-state index in [0.717, 1.165) is 11.3 Å². The topological polar surface area (TPSA) is 65.0 Å². The molecule has 2 rings (SSSR count). The molecule has 0 unspecified atom stereocenters. The minimum absolute atomic E-state index is 0.606. The van der Waals surface area contributed by atoms with Gasteiger partial charge >= 0.3 is 0 Å². The van der Waals surface area contributed by atoms with Gasteiger partial charge in [0.25, 0.3) is 0 Å². The zero-order valence-corrected chi connectivity index (χ0v) is 7.81. The molecule has 0 bridgehead atoms. The molecular weight excluding hydrogens is 170 g/mol. The van der Waals surface area contributed by atoms with Gasteiger partial charge in [0.15, 0.2) is 0 Å². The molecule has 0 aliphatic carbocycles. The van der Waals surface area contributed by atoms with Crippen LogP contribution in [0.15, 0.2) is 21.5 Å². The summed E-state index contributed by atoms with van der Waals surface area (Å²) in [7, 11) is 0. The van der Waals surface area contributed by atoms with Crippen LogP contribution < -0.4 is 0 Å². The van der Waals surface area contributed by atoms with Crippen LogP contribution in [0.4, 0.5) is 0 Å². The largest absolute Gasteiger partial charge is 0.428 e. The van der Waals surface area contributed by atoms with Gasteiger partial charge in [0.05, 0.1) is 6.20 Å². The van der Waals surface area contributed by atoms with Crippen molar-refractivity contribution in [2.24, 2.45) is 0 Å². The van der Waals surface area contributed by atoms with Gasteiger partial charge in [0.1, 0.15) is 5.76 Å². The summed E-state index contributed by atoms with van der Waals surface area (Å²) < 4.78 is 9.33. The molecule has 0 aromatic carbocycles.